The minimum absolute atomic E-state index is 0.181. The molecule has 114 valence electrons. The van der Waals surface area contributed by atoms with Gasteiger partial charge < -0.3 is 10.2 Å². The summed E-state index contributed by atoms with van der Waals surface area (Å²) in [7, 11) is 1.58. The number of hydrogen-bond donors (Lipinski definition) is 1. The molecule has 1 heterocycles. The summed E-state index contributed by atoms with van der Waals surface area (Å²) < 4.78 is 13.3. The summed E-state index contributed by atoms with van der Waals surface area (Å²) >= 11 is 0. The highest BCUT2D eigenvalue weighted by atomic mass is 19.1. The lowest BCUT2D eigenvalue weighted by atomic mass is 10.0. The van der Waals surface area contributed by atoms with Crippen LogP contribution in [0.2, 0.25) is 0 Å². The topological polar surface area (TPSA) is 75.5 Å². The standard InChI is InChI=1S/C14H18FN3O3/c1-17(9-11-4-2-3-7-16-11)14(19)12-8-10(15)5-6-13(12)18(20)21/h5-6,8,11,16H,2-4,7,9H2,1H3. The van der Waals surface area contributed by atoms with Crippen molar-refractivity contribution in [3.63, 3.8) is 0 Å². The van der Waals surface area contributed by atoms with Gasteiger partial charge in [-0.25, -0.2) is 4.39 Å². The van der Waals surface area contributed by atoms with Gasteiger partial charge >= 0.3 is 0 Å². The van der Waals surface area contributed by atoms with Crippen molar-refractivity contribution < 1.29 is 14.1 Å². The van der Waals surface area contributed by atoms with Crippen molar-refractivity contribution >= 4 is 11.6 Å². The van der Waals surface area contributed by atoms with Gasteiger partial charge in [-0.15, -0.1) is 0 Å². The molecule has 7 heteroatoms. The summed E-state index contributed by atoms with van der Waals surface area (Å²) in [6.07, 6.45) is 3.17. The first-order valence-corrected chi connectivity index (χ1v) is 6.92. The lowest BCUT2D eigenvalue weighted by Gasteiger charge is -2.28. The number of carbonyl (C=O) groups is 1. The number of likely N-dealkylation sites (N-methyl/N-ethyl adjacent to an activating group) is 1. The zero-order valence-electron chi connectivity index (χ0n) is 11.8. The summed E-state index contributed by atoms with van der Waals surface area (Å²) in [6, 6.07) is 3.11. The Bertz CT molecular complexity index is 544. The molecule has 0 bridgehead atoms. The highest BCUT2D eigenvalue weighted by Crippen LogP contribution is 2.21. The van der Waals surface area contributed by atoms with Gasteiger partial charge in [-0.2, -0.15) is 0 Å². The number of halogens is 1. The van der Waals surface area contributed by atoms with Gasteiger partial charge in [-0.1, -0.05) is 6.42 Å². The van der Waals surface area contributed by atoms with E-state index >= 15 is 0 Å². The third-order valence-electron chi connectivity index (χ3n) is 3.64. The van der Waals surface area contributed by atoms with E-state index in [1.807, 2.05) is 0 Å². The maximum Gasteiger partial charge on any atom is 0.282 e. The summed E-state index contributed by atoms with van der Waals surface area (Å²) in [6.45, 7) is 1.36. The maximum atomic E-state index is 13.3. The Morgan fingerprint density at radius 3 is 2.90 bits per heavy atom. The molecule has 21 heavy (non-hydrogen) atoms. The molecule has 1 saturated heterocycles. The van der Waals surface area contributed by atoms with E-state index in [0.29, 0.717) is 6.54 Å². The monoisotopic (exact) mass is 295 g/mol. The number of rotatable bonds is 4. The molecule has 1 aliphatic heterocycles. The molecule has 0 aliphatic carbocycles. The third-order valence-corrected chi connectivity index (χ3v) is 3.64. The van der Waals surface area contributed by atoms with Crippen molar-refractivity contribution in [2.45, 2.75) is 25.3 Å². The molecule has 1 unspecified atom stereocenters. The minimum Gasteiger partial charge on any atom is -0.340 e. The van der Waals surface area contributed by atoms with Crippen LogP contribution in [0, 0.1) is 15.9 Å². The number of nitro benzene ring substituents is 1. The Balaban J connectivity index is 2.14. The number of amides is 1. The smallest absolute Gasteiger partial charge is 0.282 e. The molecule has 1 atom stereocenters. The van der Waals surface area contributed by atoms with Crippen molar-refractivity contribution in [3.05, 3.63) is 39.7 Å². The van der Waals surface area contributed by atoms with Crippen LogP contribution in [0.25, 0.3) is 0 Å². The SMILES string of the molecule is CN(CC1CCCCN1)C(=O)c1cc(F)ccc1[N+](=O)[O-]. The van der Waals surface area contributed by atoms with E-state index in [2.05, 4.69) is 5.32 Å². The van der Waals surface area contributed by atoms with Crippen molar-refractivity contribution in [1.29, 1.82) is 0 Å². The molecule has 1 N–H and O–H groups in total. The Morgan fingerprint density at radius 2 is 2.29 bits per heavy atom. The zero-order valence-corrected chi connectivity index (χ0v) is 11.8. The van der Waals surface area contributed by atoms with Crippen molar-refractivity contribution in [2.75, 3.05) is 20.1 Å². The van der Waals surface area contributed by atoms with Crippen LogP contribution in [0.3, 0.4) is 0 Å². The molecule has 1 amide bonds. The van der Waals surface area contributed by atoms with Crippen LogP contribution in [0.4, 0.5) is 10.1 Å². The van der Waals surface area contributed by atoms with E-state index in [0.717, 1.165) is 44.0 Å². The molecule has 0 radical (unpaired) electrons. The van der Waals surface area contributed by atoms with Gasteiger partial charge in [0.05, 0.1) is 4.92 Å². The number of piperidine rings is 1. The third kappa shape index (κ3) is 3.75. The van der Waals surface area contributed by atoms with Gasteiger partial charge in [-0.05, 0) is 31.5 Å². The fourth-order valence-corrected chi connectivity index (χ4v) is 2.54. The first-order chi connectivity index (χ1) is 9.99. The van der Waals surface area contributed by atoms with E-state index in [4.69, 9.17) is 0 Å². The molecular formula is C14H18FN3O3. The lowest BCUT2D eigenvalue weighted by Crippen LogP contribution is -2.44. The maximum absolute atomic E-state index is 13.3. The molecule has 1 aromatic rings. The van der Waals surface area contributed by atoms with Crippen LogP contribution in [-0.2, 0) is 0 Å². The van der Waals surface area contributed by atoms with Crippen LogP contribution in [-0.4, -0.2) is 41.9 Å². The van der Waals surface area contributed by atoms with E-state index in [9.17, 15) is 19.3 Å². The Labute approximate surface area is 122 Å². The Hall–Kier alpha value is -2.02. The van der Waals surface area contributed by atoms with E-state index in [-0.39, 0.29) is 17.3 Å². The van der Waals surface area contributed by atoms with Crippen LogP contribution < -0.4 is 5.32 Å². The van der Waals surface area contributed by atoms with Crippen molar-refractivity contribution in [2.24, 2.45) is 0 Å². The zero-order chi connectivity index (χ0) is 15.4. The molecular weight excluding hydrogens is 277 g/mol. The van der Waals surface area contributed by atoms with Crippen LogP contribution >= 0.6 is 0 Å². The first-order valence-electron chi connectivity index (χ1n) is 6.92. The molecule has 0 spiro atoms. The number of nitrogens with zero attached hydrogens (tertiary/aromatic N) is 2. The van der Waals surface area contributed by atoms with Crippen LogP contribution in [0.5, 0.6) is 0 Å². The molecule has 1 aromatic carbocycles. The second-order valence-corrected chi connectivity index (χ2v) is 5.25. The average Bonchev–Trinajstić information content (AvgIpc) is 2.47. The van der Waals surface area contributed by atoms with Crippen LogP contribution in [0.1, 0.15) is 29.6 Å². The van der Waals surface area contributed by atoms with Crippen LogP contribution in [0.15, 0.2) is 18.2 Å². The van der Waals surface area contributed by atoms with Gasteiger partial charge in [0.15, 0.2) is 0 Å². The average molecular weight is 295 g/mol. The van der Waals surface area contributed by atoms with Crippen molar-refractivity contribution in [3.8, 4) is 0 Å². The quantitative estimate of drug-likeness (QED) is 0.680. The second kappa shape index (κ2) is 6.62. The molecule has 0 saturated carbocycles. The fourth-order valence-electron chi connectivity index (χ4n) is 2.54. The Morgan fingerprint density at radius 1 is 1.52 bits per heavy atom. The molecule has 1 fully saturated rings. The number of nitro groups is 1. The highest BCUT2D eigenvalue weighted by molar-refractivity contribution is 5.98. The molecule has 1 aliphatic rings. The number of carbonyl (C=O) groups excluding carboxylic acids is 1. The van der Waals surface area contributed by atoms with Gasteiger partial charge in [0.25, 0.3) is 11.6 Å². The molecule has 0 aromatic heterocycles. The Kier molecular flexibility index (Phi) is 4.85. The van der Waals surface area contributed by atoms with Gasteiger partial charge in [-0.3, -0.25) is 14.9 Å². The fraction of sp³-hybridized carbons (Fsp3) is 0.500. The van der Waals surface area contributed by atoms with E-state index < -0.39 is 16.6 Å². The lowest BCUT2D eigenvalue weighted by molar-refractivity contribution is -0.385. The summed E-state index contributed by atoms with van der Waals surface area (Å²) in [5, 5.41) is 14.3. The number of benzene rings is 1. The highest BCUT2D eigenvalue weighted by Gasteiger charge is 2.25. The van der Waals surface area contributed by atoms with Crippen molar-refractivity contribution in [1.82, 2.24) is 10.2 Å². The first kappa shape index (κ1) is 15.4. The van der Waals surface area contributed by atoms with Gasteiger partial charge in [0.1, 0.15) is 11.4 Å². The normalized spacial score (nSPS) is 18.3. The summed E-state index contributed by atoms with van der Waals surface area (Å²) in [5.41, 5.74) is -0.580. The summed E-state index contributed by atoms with van der Waals surface area (Å²) in [5.74, 6) is -1.19. The van der Waals surface area contributed by atoms with Gasteiger partial charge in [0, 0.05) is 25.7 Å². The molecule has 6 nitrogen and oxygen atoms in total. The predicted molar refractivity (Wildman–Crippen MR) is 75.7 cm³/mol. The number of nitrogens with one attached hydrogen (secondary N) is 1. The van der Waals surface area contributed by atoms with Gasteiger partial charge in [0.2, 0.25) is 0 Å². The van der Waals surface area contributed by atoms with E-state index in [1.54, 1.807) is 7.05 Å². The number of hydrogen-bond acceptors (Lipinski definition) is 4. The second-order valence-electron chi connectivity index (χ2n) is 5.25. The summed E-state index contributed by atoms with van der Waals surface area (Å²) in [4.78, 5) is 24.0. The predicted octanol–water partition coefficient (Wildman–Crippen LogP) is 1.95. The largest absolute Gasteiger partial charge is 0.340 e. The van der Waals surface area contributed by atoms with E-state index in [1.165, 1.54) is 4.90 Å². The minimum atomic E-state index is -0.667. The molecule has 2 rings (SSSR count).